The third kappa shape index (κ3) is 2.33. The Hall–Kier alpha value is -1.81. The van der Waals surface area contributed by atoms with Gasteiger partial charge < -0.3 is 15.0 Å². The van der Waals surface area contributed by atoms with E-state index in [0.717, 1.165) is 17.8 Å². The molecule has 0 saturated carbocycles. The van der Waals surface area contributed by atoms with Gasteiger partial charge in [0.05, 0.1) is 6.61 Å². The fourth-order valence-electron chi connectivity index (χ4n) is 3.32. The number of benzene rings is 1. The lowest BCUT2D eigenvalue weighted by Gasteiger charge is -2.24. The van der Waals surface area contributed by atoms with Gasteiger partial charge in [-0.2, -0.15) is 0 Å². The molecular weight excluding hydrogens is 264 g/mol. The van der Waals surface area contributed by atoms with E-state index in [1.165, 1.54) is 10.9 Å². The van der Waals surface area contributed by atoms with Crippen LogP contribution in [0.3, 0.4) is 0 Å². The van der Waals surface area contributed by atoms with Crippen LogP contribution in [0.2, 0.25) is 0 Å². The van der Waals surface area contributed by atoms with Gasteiger partial charge >= 0.3 is 5.97 Å². The monoisotopic (exact) mass is 286 g/mol. The highest BCUT2D eigenvalue weighted by molar-refractivity contribution is 5.89. The minimum absolute atomic E-state index is 0.0316. The summed E-state index contributed by atoms with van der Waals surface area (Å²) in [5, 5.41) is 4.61. The number of carbonyl (C=O) groups excluding carboxylic acids is 1. The molecule has 2 N–H and O–H groups in total. The summed E-state index contributed by atoms with van der Waals surface area (Å²) in [7, 11) is 0. The van der Waals surface area contributed by atoms with Gasteiger partial charge in [0.2, 0.25) is 0 Å². The van der Waals surface area contributed by atoms with E-state index in [-0.39, 0.29) is 17.3 Å². The molecule has 0 amide bonds. The number of aromatic nitrogens is 1. The average Bonchev–Trinajstić information content (AvgIpc) is 2.77. The zero-order valence-corrected chi connectivity index (χ0v) is 12.8. The van der Waals surface area contributed by atoms with E-state index in [2.05, 4.69) is 36.3 Å². The number of ether oxygens (including phenoxy) is 1. The highest BCUT2D eigenvalue weighted by Crippen LogP contribution is 2.38. The Labute approximate surface area is 124 Å². The van der Waals surface area contributed by atoms with Crippen LogP contribution in [0.5, 0.6) is 0 Å². The molecular formula is C17H22N2O2. The van der Waals surface area contributed by atoms with E-state index in [1.54, 1.807) is 0 Å². The normalized spacial score (nSPS) is 20.8. The lowest BCUT2D eigenvalue weighted by atomic mass is 9.81. The molecule has 1 atom stereocenters. The minimum atomic E-state index is -0.269. The van der Waals surface area contributed by atoms with Gasteiger partial charge in [-0.15, -0.1) is 0 Å². The van der Waals surface area contributed by atoms with Gasteiger partial charge in [0.1, 0.15) is 5.92 Å². The van der Waals surface area contributed by atoms with Gasteiger partial charge in [-0.1, -0.05) is 32.0 Å². The lowest BCUT2D eigenvalue weighted by molar-refractivity contribution is -0.144. The third-order valence-corrected chi connectivity index (χ3v) is 4.25. The van der Waals surface area contributed by atoms with Crippen molar-refractivity contribution in [1.82, 2.24) is 10.3 Å². The van der Waals surface area contributed by atoms with Crippen LogP contribution in [-0.4, -0.2) is 30.6 Å². The summed E-state index contributed by atoms with van der Waals surface area (Å²) < 4.78 is 5.26. The number of para-hydroxylation sites is 1. The molecule has 0 radical (unpaired) electrons. The first kappa shape index (κ1) is 14.1. The van der Waals surface area contributed by atoms with Crippen LogP contribution in [0.25, 0.3) is 10.9 Å². The number of nitrogens with one attached hydrogen (secondary N) is 2. The molecule has 1 aromatic heterocycles. The van der Waals surface area contributed by atoms with Crippen LogP contribution < -0.4 is 5.32 Å². The standard InChI is InChI=1S/C17H22N2O2/c1-4-21-16(20)12-9-18-10-17(2,3)14-11-7-5-6-8-13(11)19-15(12)14/h5-8,12,18-19H,4,9-10H2,1-3H3. The summed E-state index contributed by atoms with van der Waals surface area (Å²) in [5.41, 5.74) is 3.30. The Morgan fingerprint density at radius 3 is 2.90 bits per heavy atom. The van der Waals surface area contributed by atoms with Crippen molar-refractivity contribution in [3.05, 3.63) is 35.5 Å². The first-order chi connectivity index (χ1) is 10.0. The van der Waals surface area contributed by atoms with Crippen molar-refractivity contribution in [3.8, 4) is 0 Å². The quantitative estimate of drug-likeness (QED) is 0.835. The van der Waals surface area contributed by atoms with Gasteiger partial charge in [-0.3, -0.25) is 4.79 Å². The van der Waals surface area contributed by atoms with Crippen molar-refractivity contribution < 1.29 is 9.53 Å². The molecule has 1 aliphatic heterocycles. The maximum Gasteiger partial charge on any atom is 0.316 e. The predicted molar refractivity (Wildman–Crippen MR) is 83.6 cm³/mol. The molecule has 0 aliphatic carbocycles. The lowest BCUT2D eigenvalue weighted by Crippen LogP contribution is -2.32. The number of hydrogen-bond acceptors (Lipinski definition) is 3. The summed E-state index contributed by atoms with van der Waals surface area (Å²) in [6.07, 6.45) is 0. The van der Waals surface area contributed by atoms with Crippen LogP contribution >= 0.6 is 0 Å². The SMILES string of the molecule is CCOC(=O)C1CNCC(C)(C)c2c1[nH]c1ccccc21. The van der Waals surface area contributed by atoms with Gasteiger partial charge in [-0.25, -0.2) is 0 Å². The third-order valence-electron chi connectivity index (χ3n) is 4.25. The molecule has 1 aromatic carbocycles. The molecule has 3 rings (SSSR count). The van der Waals surface area contributed by atoms with Crippen molar-refractivity contribution in [1.29, 1.82) is 0 Å². The van der Waals surface area contributed by atoms with Gasteiger partial charge in [0, 0.05) is 35.1 Å². The first-order valence-corrected chi connectivity index (χ1v) is 7.53. The van der Waals surface area contributed by atoms with Crippen LogP contribution in [0.15, 0.2) is 24.3 Å². The molecule has 0 bridgehead atoms. The molecule has 0 spiro atoms. The number of H-pyrrole nitrogens is 1. The Kier molecular flexibility index (Phi) is 3.49. The Morgan fingerprint density at radius 2 is 2.14 bits per heavy atom. The van der Waals surface area contributed by atoms with Gasteiger partial charge in [0.15, 0.2) is 0 Å². The molecule has 21 heavy (non-hydrogen) atoms. The Bertz CT molecular complexity index is 672. The molecule has 1 unspecified atom stereocenters. The molecule has 1 aliphatic rings. The molecule has 0 fully saturated rings. The first-order valence-electron chi connectivity index (χ1n) is 7.53. The highest BCUT2D eigenvalue weighted by Gasteiger charge is 2.36. The maximum absolute atomic E-state index is 12.3. The van der Waals surface area contributed by atoms with Crippen LogP contribution in [0, 0.1) is 0 Å². The van der Waals surface area contributed by atoms with E-state index in [4.69, 9.17) is 4.74 Å². The number of hydrogen-bond donors (Lipinski definition) is 2. The fourth-order valence-corrected chi connectivity index (χ4v) is 3.32. The maximum atomic E-state index is 12.3. The average molecular weight is 286 g/mol. The summed E-state index contributed by atoms with van der Waals surface area (Å²) in [6.45, 7) is 8.14. The van der Waals surface area contributed by atoms with Gasteiger partial charge in [0.25, 0.3) is 0 Å². The smallest absolute Gasteiger partial charge is 0.316 e. The molecule has 2 heterocycles. The summed E-state index contributed by atoms with van der Waals surface area (Å²) in [5.74, 6) is -0.426. The van der Waals surface area contributed by atoms with E-state index >= 15 is 0 Å². The van der Waals surface area contributed by atoms with Crippen molar-refractivity contribution in [2.24, 2.45) is 0 Å². The molecule has 4 heteroatoms. The second-order valence-electron chi connectivity index (χ2n) is 6.28. The Balaban J connectivity index is 2.20. The fraction of sp³-hybridized carbons (Fsp3) is 0.471. The summed E-state index contributed by atoms with van der Waals surface area (Å²) >= 11 is 0. The second kappa shape index (κ2) is 5.19. The van der Waals surface area contributed by atoms with Crippen molar-refractivity contribution in [3.63, 3.8) is 0 Å². The second-order valence-corrected chi connectivity index (χ2v) is 6.28. The zero-order valence-electron chi connectivity index (χ0n) is 12.8. The summed E-state index contributed by atoms with van der Waals surface area (Å²) in [4.78, 5) is 15.8. The number of carbonyl (C=O) groups is 1. The van der Waals surface area contributed by atoms with E-state index in [9.17, 15) is 4.79 Å². The molecule has 4 nitrogen and oxygen atoms in total. The molecule has 2 aromatic rings. The summed E-state index contributed by atoms with van der Waals surface area (Å²) in [6, 6.07) is 8.25. The number of aromatic amines is 1. The highest BCUT2D eigenvalue weighted by atomic mass is 16.5. The van der Waals surface area contributed by atoms with Crippen molar-refractivity contribution in [2.45, 2.75) is 32.1 Å². The minimum Gasteiger partial charge on any atom is -0.465 e. The number of fused-ring (bicyclic) bond motifs is 3. The van der Waals surface area contributed by atoms with Crippen LogP contribution in [-0.2, 0) is 14.9 Å². The molecule has 112 valence electrons. The molecule has 0 saturated heterocycles. The van der Waals surface area contributed by atoms with Crippen LogP contribution in [0.4, 0.5) is 0 Å². The van der Waals surface area contributed by atoms with Crippen LogP contribution in [0.1, 0.15) is 37.9 Å². The predicted octanol–water partition coefficient (Wildman–Crippen LogP) is 2.70. The van der Waals surface area contributed by atoms with E-state index in [0.29, 0.717) is 13.2 Å². The number of rotatable bonds is 2. The van der Waals surface area contributed by atoms with Crippen molar-refractivity contribution >= 4 is 16.9 Å². The van der Waals surface area contributed by atoms with Crippen molar-refractivity contribution in [2.75, 3.05) is 19.7 Å². The van der Waals surface area contributed by atoms with E-state index < -0.39 is 0 Å². The van der Waals surface area contributed by atoms with E-state index in [1.807, 2.05) is 19.1 Å². The zero-order chi connectivity index (χ0) is 15.0. The number of esters is 1. The van der Waals surface area contributed by atoms with Gasteiger partial charge in [-0.05, 0) is 18.6 Å². The largest absolute Gasteiger partial charge is 0.465 e. The Morgan fingerprint density at radius 1 is 1.38 bits per heavy atom. The topological polar surface area (TPSA) is 54.1 Å².